The molecule has 1 aromatic rings. The Kier molecular flexibility index (Phi) is 4.82. The van der Waals surface area contributed by atoms with Crippen LogP contribution in [0.25, 0.3) is 0 Å². The van der Waals surface area contributed by atoms with Gasteiger partial charge in [-0.15, -0.1) is 0 Å². The molecule has 0 radical (unpaired) electrons. The molecule has 2 unspecified atom stereocenters. The van der Waals surface area contributed by atoms with Crippen molar-refractivity contribution < 1.29 is 22.8 Å². The summed E-state index contributed by atoms with van der Waals surface area (Å²) in [6, 6.07) is 5.87. The summed E-state index contributed by atoms with van der Waals surface area (Å²) >= 11 is 3.37. The second kappa shape index (κ2) is 6.66. The molecule has 2 atom stereocenters. The monoisotopic (exact) mass is 443 g/mol. The Morgan fingerprint density at radius 1 is 1.38 bits per heavy atom. The number of sulfone groups is 1. The molecular weight excluding hydrogens is 426 g/mol. The van der Waals surface area contributed by atoms with E-state index in [1.165, 1.54) is 0 Å². The second-order valence-electron chi connectivity index (χ2n) is 6.59. The zero-order valence-electron chi connectivity index (χ0n) is 14.0. The van der Waals surface area contributed by atoms with E-state index in [1.807, 2.05) is 0 Å². The van der Waals surface area contributed by atoms with Crippen LogP contribution in [-0.2, 0) is 25.0 Å². The molecule has 0 aromatic heterocycles. The summed E-state index contributed by atoms with van der Waals surface area (Å²) in [4.78, 5) is 38.1. The average Bonchev–Trinajstić information content (AvgIpc) is 2.99. The summed E-state index contributed by atoms with van der Waals surface area (Å²) in [5, 5.41) is 5.21. The number of hydrogen-bond acceptors (Lipinski definition) is 5. The van der Waals surface area contributed by atoms with Gasteiger partial charge in [0, 0.05) is 16.1 Å². The van der Waals surface area contributed by atoms with Gasteiger partial charge < -0.3 is 10.6 Å². The van der Waals surface area contributed by atoms with Gasteiger partial charge in [0.05, 0.1) is 11.5 Å². The molecular formula is C16H18BrN3O5S. The SMILES string of the molecule is CC1(c2ccccc2Br)NC(=O)N(CC(=O)NC2CCS(=O)(=O)C2)C1=O. The van der Waals surface area contributed by atoms with E-state index in [2.05, 4.69) is 26.6 Å². The number of halogens is 1. The van der Waals surface area contributed by atoms with E-state index < -0.39 is 45.8 Å². The van der Waals surface area contributed by atoms with E-state index in [0.29, 0.717) is 16.5 Å². The van der Waals surface area contributed by atoms with Gasteiger partial charge in [-0.25, -0.2) is 13.2 Å². The first kappa shape index (κ1) is 18.8. The number of nitrogens with one attached hydrogen (secondary N) is 2. The Labute approximate surface area is 159 Å². The minimum Gasteiger partial charge on any atom is -0.351 e. The summed E-state index contributed by atoms with van der Waals surface area (Å²) in [5.74, 6) is -1.19. The molecule has 2 saturated heterocycles. The van der Waals surface area contributed by atoms with E-state index in [4.69, 9.17) is 0 Å². The number of amides is 4. The highest BCUT2D eigenvalue weighted by Gasteiger charge is 2.50. The summed E-state index contributed by atoms with van der Waals surface area (Å²) in [7, 11) is -3.13. The topological polar surface area (TPSA) is 113 Å². The fourth-order valence-electron chi connectivity index (χ4n) is 3.22. The van der Waals surface area contributed by atoms with Crippen LogP contribution in [0.3, 0.4) is 0 Å². The van der Waals surface area contributed by atoms with Crippen LogP contribution in [0.15, 0.2) is 28.7 Å². The number of nitrogens with zero attached hydrogens (tertiary/aromatic N) is 1. The number of carbonyl (C=O) groups excluding carboxylic acids is 3. The predicted octanol–water partition coefficient (Wildman–Crippen LogP) is 0.519. The Hall–Kier alpha value is -1.94. The quantitative estimate of drug-likeness (QED) is 0.658. The zero-order chi connectivity index (χ0) is 19.1. The summed E-state index contributed by atoms with van der Waals surface area (Å²) in [5.41, 5.74) is -0.697. The summed E-state index contributed by atoms with van der Waals surface area (Å²) in [6.07, 6.45) is 0.336. The van der Waals surface area contributed by atoms with E-state index >= 15 is 0 Å². The Balaban J connectivity index is 1.72. The lowest BCUT2D eigenvalue weighted by atomic mass is 9.92. The minimum atomic E-state index is -3.13. The van der Waals surface area contributed by atoms with E-state index in [-0.39, 0.29) is 11.5 Å². The number of carbonyl (C=O) groups is 3. The molecule has 0 bridgehead atoms. The summed E-state index contributed by atoms with van der Waals surface area (Å²) < 4.78 is 23.6. The van der Waals surface area contributed by atoms with Crippen molar-refractivity contribution in [3.63, 3.8) is 0 Å². The van der Waals surface area contributed by atoms with Gasteiger partial charge in [0.15, 0.2) is 9.84 Å². The van der Waals surface area contributed by atoms with Crippen LogP contribution in [-0.4, -0.2) is 55.3 Å². The number of imide groups is 1. The normalized spacial score (nSPS) is 27.5. The van der Waals surface area contributed by atoms with Crippen molar-refractivity contribution in [1.29, 1.82) is 0 Å². The van der Waals surface area contributed by atoms with Crippen LogP contribution in [0.1, 0.15) is 18.9 Å². The lowest BCUT2D eigenvalue weighted by molar-refractivity contribution is -0.135. The largest absolute Gasteiger partial charge is 0.351 e. The first-order valence-electron chi connectivity index (χ1n) is 8.01. The van der Waals surface area contributed by atoms with Crippen molar-refractivity contribution in [3.05, 3.63) is 34.3 Å². The fourth-order valence-corrected chi connectivity index (χ4v) is 5.57. The van der Waals surface area contributed by atoms with Crippen molar-refractivity contribution in [2.75, 3.05) is 18.1 Å². The van der Waals surface area contributed by atoms with Crippen molar-refractivity contribution in [2.24, 2.45) is 0 Å². The molecule has 4 amide bonds. The second-order valence-corrected chi connectivity index (χ2v) is 9.68. The molecule has 2 fully saturated rings. The molecule has 3 rings (SSSR count). The molecule has 26 heavy (non-hydrogen) atoms. The molecule has 8 nitrogen and oxygen atoms in total. The van der Waals surface area contributed by atoms with Gasteiger partial charge in [-0.3, -0.25) is 14.5 Å². The summed E-state index contributed by atoms with van der Waals surface area (Å²) in [6.45, 7) is 1.12. The Bertz CT molecular complexity index is 888. The lowest BCUT2D eigenvalue weighted by Crippen LogP contribution is -2.45. The van der Waals surface area contributed by atoms with Crippen molar-refractivity contribution in [1.82, 2.24) is 15.5 Å². The van der Waals surface area contributed by atoms with Gasteiger partial charge in [-0.1, -0.05) is 34.1 Å². The van der Waals surface area contributed by atoms with E-state index in [9.17, 15) is 22.8 Å². The lowest BCUT2D eigenvalue weighted by Gasteiger charge is -2.23. The highest BCUT2D eigenvalue weighted by Crippen LogP contribution is 2.33. The molecule has 140 valence electrons. The maximum absolute atomic E-state index is 12.8. The highest BCUT2D eigenvalue weighted by atomic mass is 79.9. The smallest absolute Gasteiger partial charge is 0.325 e. The number of benzene rings is 1. The maximum atomic E-state index is 12.8. The first-order valence-corrected chi connectivity index (χ1v) is 10.6. The van der Waals surface area contributed by atoms with E-state index in [0.717, 1.165) is 4.90 Å². The van der Waals surface area contributed by atoms with Gasteiger partial charge in [0.25, 0.3) is 5.91 Å². The van der Waals surface area contributed by atoms with Crippen molar-refractivity contribution >= 4 is 43.6 Å². The minimum absolute atomic E-state index is 0.0290. The molecule has 0 saturated carbocycles. The zero-order valence-corrected chi connectivity index (χ0v) is 16.4. The van der Waals surface area contributed by atoms with Crippen molar-refractivity contribution in [3.8, 4) is 0 Å². The third-order valence-electron chi connectivity index (χ3n) is 4.59. The van der Waals surface area contributed by atoms with Crippen molar-refractivity contribution in [2.45, 2.75) is 24.9 Å². The molecule has 2 aliphatic rings. The van der Waals surface area contributed by atoms with E-state index in [1.54, 1.807) is 31.2 Å². The van der Waals surface area contributed by atoms with Gasteiger partial charge >= 0.3 is 6.03 Å². The number of rotatable bonds is 4. The Morgan fingerprint density at radius 2 is 2.08 bits per heavy atom. The molecule has 0 aliphatic carbocycles. The van der Waals surface area contributed by atoms with Gasteiger partial charge in [-0.2, -0.15) is 0 Å². The molecule has 1 aromatic carbocycles. The number of urea groups is 1. The molecule has 0 spiro atoms. The van der Waals surface area contributed by atoms with Crippen LogP contribution < -0.4 is 10.6 Å². The first-order chi connectivity index (χ1) is 12.1. The Morgan fingerprint density at radius 3 is 2.69 bits per heavy atom. The fraction of sp³-hybridized carbons (Fsp3) is 0.438. The van der Waals surface area contributed by atoms with Crippen LogP contribution in [0.5, 0.6) is 0 Å². The highest BCUT2D eigenvalue weighted by molar-refractivity contribution is 9.10. The van der Waals surface area contributed by atoms with Crippen LogP contribution >= 0.6 is 15.9 Å². The van der Waals surface area contributed by atoms with Crippen LogP contribution in [0.2, 0.25) is 0 Å². The molecule has 2 N–H and O–H groups in total. The third-order valence-corrected chi connectivity index (χ3v) is 7.05. The predicted molar refractivity (Wildman–Crippen MR) is 96.9 cm³/mol. The molecule has 2 heterocycles. The average molecular weight is 444 g/mol. The maximum Gasteiger partial charge on any atom is 0.325 e. The van der Waals surface area contributed by atoms with Gasteiger partial charge in [-0.05, 0) is 19.4 Å². The molecule has 2 aliphatic heterocycles. The third kappa shape index (κ3) is 3.48. The standard InChI is InChI=1S/C16H18BrN3O5S/c1-16(11-4-2-3-5-12(11)17)14(22)20(15(23)19-16)8-13(21)18-10-6-7-26(24,25)9-10/h2-5,10H,6-9H2,1H3,(H,18,21)(H,19,23). The van der Waals surface area contributed by atoms with Crippen LogP contribution in [0, 0.1) is 0 Å². The van der Waals surface area contributed by atoms with Gasteiger partial charge in [0.1, 0.15) is 12.1 Å². The van der Waals surface area contributed by atoms with Crippen LogP contribution in [0.4, 0.5) is 4.79 Å². The molecule has 10 heteroatoms. The van der Waals surface area contributed by atoms with Gasteiger partial charge in [0.2, 0.25) is 5.91 Å². The number of hydrogen-bond donors (Lipinski definition) is 2.